The average Bonchev–Trinajstić information content (AvgIpc) is 2.07. The maximum atomic E-state index is 11.2. The summed E-state index contributed by atoms with van der Waals surface area (Å²) in [6.07, 6.45) is -0.534. The third-order valence-corrected chi connectivity index (χ3v) is 1.96. The molecule has 0 aliphatic heterocycles. The number of hydrogen-bond donors (Lipinski definition) is 1. The van der Waals surface area contributed by atoms with Crippen LogP contribution in [0.15, 0.2) is 28.7 Å². The Balaban J connectivity index is 2.52. The van der Waals surface area contributed by atoms with Gasteiger partial charge in [0.2, 0.25) is 0 Å². The second-order valence-electron chi connectivity index (χ2n) is 3.09. The van der Waals surface area contributed by atoms with Crippen LogP contribution in [0, 0.1) is 0 Å². The number of hydrogen-bond acceptors (Lipinski definition) is 2. The molecular weight excluding hydrogens is 246 g/mol. The number of amides is 1. The van der Waals surface area contributed by atoms with Gasteiger partial charge < -0.3 is 4.74 Å². The Hall–Kier alpha value is -1.03. The zero-order valence-electron chi connectivity index (χ0n) is 8.08. The molecule has 1 amide bonds. The molecule has 0 aromatic heterocycles. The van der Waals surface area contributed by atoms with E-state index in [0.717, 1.165) is 10.2 Å². The maximum Gasteiger partial charge on any atom is 0.411 e. The molecule has 0 saturated carbocycles. The van der Waals surface area contributed by atoms with E-state index in [0.29, 0.717) is 0 Å². The van der Waals surface area contributed by atoms with E-state index in [9.17, 15) is 4.79 Å². The predicted octanol–water partition coefficient (Wildman–Crippen LogP) is 3.41. The van der Waals surface area contributed by atoms with E-state index in [1.807, 2.05) is 12.1 Å². The molecule has 0 atom stereocenters. The van der Waals surface area contributed by atoms with Crippen molar-refractivity contribution in [2.75, 3.05) is 5.32 Å². The summed E-state index contributed by atoms with van der Waals surface area (Å²) in [5.41, 5.74) is 0.721. The molecule has 0 bridgehead atoms. The summed E-state index contributed by atoms with van der Waals surface area (Å²) >= 11 is 3.31. The molecule has 0 aliphatic rings. The van der Waals surface area contributed by atoms with Gasteiger partial charge in [0.25, 0.3) is 0 Å². The lowest BCUT2D eigenvalue weighted by molar-refractivity contribution is 0.130. The van der Waals surface area contributed by atoms with Crippen LogP contribution >= 0.6 is 15.9 Å². The minimum atomic E-state index is -0.428. The third kappa shape index (κ3) is 3.79. The van der Waals surface area contributed by atoms with E-state index < -0.39 is 6.09 Å². The highest BCUT2D eigenvalue weighted by Crippen LogP contribution is 2.14. The van der Waals surface area contributed by atoms with Crippen LogP contribution in [0.1, 0.15) is 13.8 Å². The van der Waals surface area contributed by atoms with E-state index in [-0.39, 0.29) is 6.10 Å². The summed E-state index contributed by atoms with van der Waals surface area (Å²) in [5.74, 6) is 0. The van der Waals surface area contributed by atoms with E-state index in [2.05, 4.69) is 21.2 Å². The van der Waals surface area contributed by atoms with Gasteiger partial charge >= 0.3 is 6.09 Å². The Kier molecular flexibility index (Phi) is 3.95. The van der Waals surface area contributed by atoms with Gasteiger partial charge in [-0.25, -0.2) is 4.79 Å². The molecule has 1 N–H and O–H groups in total. The fourth-order valence-corrected chi connectivity index (χ4v) is 1.16. The number of halogens is 1. The third-order valence-electron chi connectivity index (χ3n) is 1.43. The van der Waals surface area contributed by atoms with Crippen LogP contribution < -0.4 is 5.32 Å². The second-order valence-corrected chi connectivity index (χ2v) is 4.00. The Bertz CT molecular complexity index is 308. The Morgan fingerprint density at radius 1 is 1.36 bits per heavy atom. The summed E-state index contributed by atoms with van der Waals surface area (Å²) in [5, 5.41) is 2.62. The molecule has 76 valence electrons. The van der Waals surface area contributed by atoms with Crippen LogP contribution in [0.2, 0.25) is 0 Å². The molecule has 0 unspecified atom stereocenters. The van der Waals surface area contributed by atoms with Crippen LogP contribution in [0.5, 0.6) is 0 Å². The van der Waals surface area contributed by atoms with Gasteiger partial charge in [-0.05, 0) is 38.1 Å². The molecular formula is C10H12BrNO2. The van der Waals surface area contributed by atoms with Crippen LogP contribution in [0.3, 0.4) is 0 Å². The first-order valence-electron chi connectivity index (χ1n) is 4.31. The minimum absolute atomic E-state index is 0.106. The monoisotopic (exact) mass is 257 g/mol. The van der Waals surface area contributed by atoms with Gasteiger partial charge in [0.1, 0.15) is 0 Å². The number of carbonyl (C=O) groups excluding carboxylic acids is 1. The number of carbonyl (C=O) groups is 1. The van der Waals surface area contributed by atoms with Gasteiger partial charge in [0.05, 0.1) is 6.10 Å². The summed E-state index contributed by atoms with van der Waals surface area (Å²) < 4.78 is 5.90. The molecule has 0 radical (unpaired) electrons. The van der Waals surface area contributed by atoms with Gasteiger partial charge in [-0.2, -0.15) is 0 Å². The zero-order chi connectivity index (χ0) is 10.6. The van der Waals surface area contributed by atoms with Crippen LogP contribution in [-0.2, 0) is 4.74 Å². The summed E-state index contributed by atoms with van der Waals surface area (Å²) in [4.78, 5) is 11.2. The van der Waals surface area contributed by atoms with Crippen molar-refractivity contribution in [2.45, 2.75) is 20.0 Å². The number of ether oxygens (including phenoxy) is 1. The molecule has 14 heavy (non-hydrogen) atoms. The van der Waals surface area contributed by atoms with Crippen molar-refractivity contribution in [3.8, 4) is 0 Å². The quantitative estimate of drug-likeness (QED) is 0.882. The molecule has 1 rings (SSSR count). The normalized spacial score (nSPS) is 10.0. The van der Waals surface area contributed by atoms with Gasteiger partial charge in [0, 0.05) is 10.2 Å². The van der Waals surface area contributed by atoms with Crippen LogP contribution in [0.25, 0.3) is 0 Å². The first-order chi connectivity index (χ1) is 6.58. The lowest BCUT2D eigenvalue weighted by Gasteiger charge is -2.09. The van der Waals surface area contributed by atoms with E-state index in [4.69, 9.17) is 4.74 Å². The zero-order valence-corrected chi connectivity index (χ0v) is 9.67. The Morgan fingerprint density at radius 2 is 1.93 bits per heavy atom. The number of nitrogens with one attached hydrogen (secondary N) is 1. The number of benzene rings is 1. The molecule has 0 saturated heterocycles. The SMILES string of the molecule is CC(C)OC(=O)Nc1ccc(Br)cc1. The molecule has 0 fully saturated rings. The standard InChI is InChI=1S/C10H12BrNO2/c1-7(2)14-10(13)12-9-5-3-8(11)4-6-9/h3-7H,1-2H3,(H,12,13). The second kappa shape index (κ2) is 5.00. The molecule has 3 nitrogen and oxygen atoms in total. The van der Waals surface area contributed by atoms with Gasteiger partial charge in [0.15, 0.2) is 0 Å². The smallest absolute Gasteiger partial charge is 0.411 e. The topological polar surface area (TPSA) is 38.3 Å². The summed E-state index contributed by atoms with van der Waals surface area (Å²) in [6, 6.07) is 7.30. The van der Waals surface area contributed by atoms with E-state index >= 15 is 0 Å². The summed E-state index contributed by atoms with van der Waals surface area (Å²) in [7, 11) is 0. The molecule has 0 aliphatic carbocycles. The highest BCUT2D eigenvalue weighted by atomic mass is 79.9. The van der Waals surface area contributed by atoms with Crippen LogP contribution in [-0.4, -0.2) is 12.2 Å². The molecule has 0 spiro atoms. The van der Waals surface area contributed by atoms with Crippen molar-refractivity contribution >= 4 is 27.7 Å². The summed E-state index contributed by atoms with van der Waals surface area (Å²) in [6.45, 7) is 3.61. The predicted molar refractivity (Wildman–Crippen MR) is 59.4 cm³/mol. The van der Waals surface area contributed by atoms with Gasteiger partial charge in [-0.15, -0.1) is 0 Å². The van der Waals surface area contributed by atoms with Crippen LogP contribution in [0.4, 0.5) is 10.5 Å². The van der Waals surface area contributed by atoms with Gasteiger partial charge in [-0.1, -0.05) is 15.9 Å². The maximum absolute atomic E-state index is 11.2. The lowest BCUT2D eigenvalue weighted by atomic mass is 10.3. The van der Waals surface area contributed by atoms with Gasteiger partial charge in [-0.3, -0.25) is 5.32 Å². The molecule has 1 aromatic carbocycles. The highest BCUT2D eigenvalue weighted by Gasteiger charge is 2.04. The fraction of sp³-hybridized carbons (Fsp3) is 0.300. The lowest BCUT2D eigenvalue weighted by Crippen LogP contribution is -2.17. The van der Waals surface area contributed by atoms with E-state index in [1.165, 1.54) is 0 Å². The average molecular weight is 258 g/mol. The van der Waals surface area contributed by atoms with Crippen molar-refractivity contribution in [2.24, 2.45) is 0 Å². The van der Waals surface area contributed by atoms with E-state index in [1.54, 1.807) is 26.0 Å². The first kappa shape index (κ1) is 11.0. The number of anilines is 1. The van der Waals surface area contributed by atoms with Crippen molar-refractivity contribution in [3.05, 3.63) is 28.7 Å². The molecule has 4 heteroatoms. The van der Waals surface area contributed by atoms with Crippen molar-refractivity contribution in [1.82, 2.24) is 0 Å². The first-order valence-corrected chi connectivity index (χ1v) is 5.10. The van der Waals surface area contributed by atoms with Crippen molar-refractivity contribution in [3.63, 3.8) is 0 Å². The Labute approximate surface area is 91.6 Å². The van der Waals surface area contributed by atoms with Crippen molar-refractivity contribution in [1.29, 1.82) is 0 Å². The highest BCUT2D eigenvalue weighted by molar-refractivity contribution is 9.10. The Morgan fingerprint density at radius 3 is 2.43 bits per heavy atom. The molecule has 1 aromatic rings. The molecule has 0 heterocycles. The minimum Gasteiger partial charge on any atom is -0.447 e. The van der Waals surface area contributed by atoms with Crippen molar-refractivity contribution < 1.29 is 9.53 Å². The largest absolute Gasteiger partial charge is 0.447 e. The fourth-order valence-electron chi connectivity index (χ4n) is 0.895. The number of rotatable bonds is 2.